The Morgan fingerprint density at radius 3 is 2.75 bits per heavy atom. The molecule has 4 nitrogen and oxygen atoms in total. The number of nitrogens with two attached hydrogens (primary N) is 1. The van der Waals surface area contributed by atoms with Crippen LogP contribution in [0.5, 0.6) is 5.75 Å². The molecular formula is C18H20ClNO3S. The first kappa shape index (κ1) is 17.6. The Kier molecular flexibility index (Phi) is 6.03. The van der Waals surface area contributed by atoms with Gasteiger partial charge in [0, 0.05) is 18.1 Å². The van der Waals surface area contributed by atoms with Crippen molar-refractivity contribution in [2.75, 3.05) is 6.61 Å². The molecule has 0 aromatic heterocycles. The second kappa shape index (κ2) is 8.23. The third kappa shape index (κ3) is 4.43. The summed E-state index contributed by atoms with van der Waals surface area (Å²) in [5.41, 5.74) is 3.24. The van der Waals surface area contributed by atoms with E-state index in [-0.39, 0.29) is 12.2 Å². The van der Waals surface area contributed by atoms with Gasteiger partial charge in [-0.3, -0.25) is 0 Å². The molecule has 1 saturated heterocycles. The van der Waals surface area contributed by atoms with Crippen LogP contribution in [0.3, 0.4) is 0 Å². The minimum absolute atomic E-state index is 0.0675. The summed E-state index contributed by atoms with van der Waals surface area (Å²) >= 11 is 7.19. The van der Waals surface area contributed by atoms with Crippen molar-refractivity contribution in [3.63, 3.8) is 0 Å². The van der Waals surface area contributed by atoms with E-state index >= 15 is 0 Å². The quantitative estimate of drug-likeness (QED) is 0.618. The minimum atomic E-state index is -0.296. The number of ether oxygens (including phenoxy) is 1. The van der Waals surface area contributed by atoms with Gasteiger partial charge in [-0.15, -0.1) is 0 Å². The van der Waals surface area contributed by atoms with Gasteiger partial charge in [0.25, 0.3) is 0 Å². The van der Waals surface area contributed by atoms with Crippen LogP contribution in [0.2, 0.25) is 5.02 Å². The second-order valence-corrected chi connectivity index (χ2v) is 6.66. The number of halogens is 1. The third-order valence-electron chi connectivity index (χ3n) is 4.16. The fourth-order valence-corrected chi connectivity index (χ4v) is 3.29. The molecule has 1 aliphatic rings. The molecule has 0 aliphatic carbocycles. The van der Waals surface area contributed by atoms with Crippen molar-refractivity contribution in [1.29, 1.82) is 0 Å². The fourth-order valence-electron chi connectivity index (χ4n) is 2.88. The highest BCUT2D eigenvalue weighted by Gasteiger charge is 2.22. The summed E-state index contributed by atoms with van der Waals surface area (Å²) in [6.07, 6.45) is 1.69. The molecule has 0 spiro atoms. The van der Waals surface area contributed by atoms with Crippen LogP contribution in [0, 0.1) is 0 Å². The molecule has 1 fully saturated rings. The topological polar surface area (TPSA) is 64.7 Å². The average molecular weight is 366 g/mol. The van der Waals surface area contributed by atoms with Crippen molar-refractivity contribution in [2.24, 2.45) is 5.14 Å². The first-order valence-electron chi connectivity index (χ1n) is 7.86. The summed E-state index contributed by atoms with van der Waals surface area (Å²) < 4.78 is 11.0. The monoisotopic (exact) mass is 365 g/mol. The normalized spacial score (nSPS) is 20.8. The maximum absolute atomic E-state index is 9.84. The first-order valence-corrected chi connectivity index (χ1v) is 9.04. The van der Waals surface area contributed by atoms with Crippen LogP contribution < -0.4 is 9.32 Å². The van der Waals surface area contributed by atoms with Crippen molar-refractivity contribution in [3.8, 4) is 5.75 Å². The van der Waals surface area contributed by atoms with Crippen molar-refractivity contribution in [1.82, 2.24) is 0 Å². The maximum Gasteiger partial charge on any atom is 0.140 e. The third-order valence-corrected chi connectivity index (χ3v) is 4.82. The molecule has 1 heterocycles. The summed E-state index contributed by atoms with van der Waals surface area (Å²) in [5.74, 6) is 0.718. The summed E-state index contributed by atoms with van der Waals surface area (Å²) in [5, 5.41) is 15.9. The molecule has 0 saturated carbocycles. The Bertz CT molecular complexity index is 680. The largest absolute Gasteiger partial charge is 0.410 e. The Morgan fingerprint density at radius 2 is 2.04 bits per heavy atom. The van der Waals surface area contributed by atoms with Gasteiger partial charge in [0.2, 0.25) is 0 Å². The molecule has 2 aromatic rings. The lowest BCUT2D eigenvalue weighted by Crippen LogP contribution is -2.23. The van der Waals surface area contributed by atoms with Gasteiger partial charge in [0.15, 0.2) is 0 Å². The number of hydrogen-bond acceptors (Lipinski definition) is 5. The summed E-state index contributed by atoms with van der Waals surface area (Å²) in [7, 11) is 0. The van der Waals surface area contributed by atoms with Crippen LogP contribution in [0.25, 0.3) is 0 Å². The van der Waals surface area contributed by atoms with Crippen molar-refractivity contribution < 1.29 is 14.0 Å². The summed E-state index contributed by atoms with van der Waals surface area (Å²) in [6, 6.07) is 13.7. The summed E-state index contributed by atoms with van der Waals surface area (Å²) in [6.45, 7) is 0.588. The zero-order valence-corrected chi connectivity index (χ0v) is 14.7. The van der Waals surface area contributed by atoms with E-state index in [1.54, 1.807) is 0 Å². The number of aliphatic hydroxyl groups excluding tert-OH is 1. The van der Waals surface area contributed by atoms with Crippen LogP contribution in [0.4, 0.5) is 0 Å². The van der Waals surface area contributed by atoms with Gasteiger partial charge in [-0.2, -0.15) is 0 Å². The number of hydrogen-bond donors (Lipinski definition) is 2. The smallest absolute Gasteiger partial charge is 0.140 e. The van der Waals surface area contributed by atoms with Gasteiger partial charge in [-0.1, -0.05) is 35.9 Å². The van der Waals surface area contributed by atoms with Gasteiger partial charge in [0.05, 0.1) is 12.2 Å². The standard InChI is InChI=1S/C18H20ClNO3S/c19-17-6-3-13(18-11-15(21)7-8-22-18)10-14(17)9-12-1-4-16(5-2-12)23-24-20/h1-6,10,15,18,21H,7-9,11,20H2. The second-order valence-electron chi connectivity index (χ2n) is 5.89. The first-order chi connectivity index (χ1) is 11.7. The molecule has 3 N–H and O–H groups in total. The van der Waals surface area contributed by atoms with Crippen LogP contribution in [-0.4, -0.2) is 17.8 Å². The molecule has 2 aromatic carbocycles. The predicted octanol–water partition coefficient (Wildman–Crippen LogP) is 4.04. The lowest BCUT2D eigenvalue weighted by Gasteiger charge is -2.27. The highest BCUT2D eigenvalue weighted by Crippen LogP contribution is 2.31. The maximum atomic E-state index is 9.84. The minimum Gasteiger partial charge on any atom is -0.410 e. The van der Waals surface area contributed by atoms with E-state index < -0.39 is 0 Å². The molecular weight excluding hydrogens is 346 g/mol. The van der Waals surface area contributed by atoms with Crippen LogP contribution in [0.15, 0.2) is 42.5 Å². The van der Waals surface area contributed by atoms with Gasteiger partial charge in [0.1, 0.15) is 18.0 Å². The van der Waals surface area contributed by atoms with Gasteiger partial charge < -0.3 is 14.0 Å². The Labute approximate surface area is 151 Å². The zero-order chi connectivity index (χ0) is 16.9. The Hall–Kier alpha value is -1.24. The Morgan fingerprint density at radius 1 is 1.25 bits per heavy atom. The van der Waals surface area contributed by atoms with Crippen molar-refractivity contribution in [3.05, 3.63) is 64.2 Å². The van der Waals surface area contributed by atoms with Crippen LogP contribution in [-0.2, 0) is 11.2 Å². The molecule has 6 heteroatoms. The average Bonchev–Trinajstić information content (AvgIpc) is 2.59. The number of rotatable bonds is 5. The molecule has 0 bridgehead atoms. The molecule has 0 amide bonds. The van der Waals surface area contributed by atoms with E-state index in [4.69, 9.17) is 25.7 Å². The SMILES string of the molecule is NSOc1ccc(Cc2cc(C3CC(O)CCO3)ccc2Cl)cc1. The van der Waals surface area contributed by atoms with Gasteiger partial charge >= 0.3 is 0 Å². The van der Waals surface area contributed by atoms with Gasteiger partial charge in [-0.05, 0) is 47.7 Å². The number of aliphatic hydroxyl groups is 1. The molecule has 1 aliphatic heterocycles. The van der Waals surface area contributed by atoms with Crippen molar-refractivity contribution >= 4 is 23.8 Å². The molecule has 0 radical (unpaired) electrons. The molecule has 2 unspecified atom stereocenters. The van der Waals surface area contributed by atoms with Crippen LogP contribution in [0.1, 0.15) is 35.6 Å². The zero-order valence-electron chi connectivity index (χ0n) is 13.2. The molecule has 24 heavy (non-hydrogen) atoms. The van der Waals surface area contributed by atoms with E-state index in [9.17, 15) is 5.11 Å². The van der Waals surface area contributed by atoms with E-state index in [0.717, 1.165) is 46.1 Å². The van der Waals surface area contributed by atoms with E-state index in [1.807, 2.05) is 36.4 Å². The fraction of sp³-hybridized carbons (Fsp3) is 0.333. The van der Waals surface area contributed by atoms with Gasteiger partial charge in [-0.25, -0.2) is 5.14 Å². The van der Waals surface area contributed by atoms with Crippen LogP contribution >= 0.6 is 23.8 Å². The number of benzene rings is 2. The molecule has 2 atom stereocenters. The van der Waals surface area contributed by atoms with E-state index in [1.165, 1.54) is 0 Å². The summed E-state index contributed by atoms with van der Waals surface area (Å²) in [4.78, 5) is 0. The van der Waals surface area contributed by atoms with E-state index in [0.29, 0.717) is 19.4 Å². The van der Waals surface area contributed by atoms with E-state index in [2.05, 4.69) is 6.07 Å². The Balaban J connectivity index is 1.76. The lowest BCUT2D eigenvalue weighted by atomic mass is 9.96. The highest BCUT2D eigenvalue weighted by atomic mass is 35.5. The predicted molar refractivity (Wildman–Crippen MR) is 97.0 cm³/mol. The molecule has 128 valence electrons. The highest BCUT2D eigenvalue weighted by molar-refractivity contribution is 7.92. The lowest BCUT2D eigenvalue weighted by molar-refractivity contribution is -0.0448. The molecule has 3 rings (SSSR count). The van der Waals surface area contributed by atoms with Crippen molar-refractivity contribution in [2.45, 2.75) is 31.5 Å².